The molecule has 0 saturated heterocycles. The Morgan fingerprint density at radius 2 is 1.84 bits per heavy atom. The van der Waals surface area contributed by atoms with E-state index in [-0.39, 0.29) is 23.8 Å². The van der Waals surface area contributed by atoms with Crippen LogP contribution in [0.25, 0.3) is 5.69 Å². The summed E-state index contributed by atoms with van der Waals surface area (Å²) in [6.07, 6.45) is 8.93. The topological polar surface area (TPSA) is 64.1 Å². The van der Waals surface area contributed by atoms with E-state index in [0.29, 0.717) is 23.2 Å². The predicted molar refractivity (Wildman–Crippen MR) is 125 cm³/mol. The average molecular weight is 440 g/mol. The quantitative estimate of drug-likeness (QED) is 0.722. The lowest BCUT2D eigenvalue weighted by Crippen LogP contribution is -2.53. The van der Waals surface area contributed by atoms with Gasteiger partial charge in [-0.05, 0) is 115 Å². The Bertz CT molecular complexity index is 972. The zero-order chi connectivity index (χ0) is 22.7. The maximum atomic E-state index is 13.4. The fourth-order valence-electron chi connectivity index (χ4n) is 7.92. The molecule has 0 radical (unpaired) electrons. The Balaban J connectivity index is 1.47. The molecule has 3 aliphatic rings. The molecule has 4 nitrogen and oxygen atoms in total. The van der Waals surface area contributed by atoms with Gasteiger partial charge < -0.3 is 10.8 Å². The summed E-state index contributed by atoms with van der Waals surface area (Å²) in [6, 6.07) is 6.49. The SMILES string of the molecule is C[C@H]1CC[C@H]2[C@H](CN)[C@@H]([C@@]3(C)Cc4cn(-c5ccc(F)cc5)nc4C[C@@H]3CO)CC[C@]12C. The minimum atomic E-state index is -0.239. The van der Waals surface area contributed by atoms with Crippen LogP contribution < -0.4 is 5.73 Å². The van der Waals surface area contributed by atoms with E-state index in [1.54, 1.807) is 12.1 Å². The van der Waals surface area contributed by atoms with E-state index in [9.17, 15) is 9.50 Å². The minimum absolute atomic E-state index is 0.00953. The largest absolute Gasteiger partial charge is 0.396 e. The number of hydrogen-bond donors (Lipinski definition) is 2. The van der Waals surface area contributed by atoms with Crippen LogP contribution in [0.4, 0.5) is 4.39 Å². The van der Waals surface area contributed by atoms with Crippen LogP contribution in [0.2, 0.25) is 0 Å². The van der Waals surface area contributed by atoms with Gasteiger partial charge in [-0.1, -0.05) is 20.8 Å². The summed E-state index contributed by atoms with van der Waals surface area (Å²) in [5.74, 6) is 2.46. The number of fused-ring (bicyclic) bond motifs is 2. The van der Waals surface area contributed by atoms with E-state index < -0.39 is 0 Å². The molecular weight excluding hydrogens is 401 g/mol. The second-order valence-electron chi connectivity index (χ2n) is 11.4. The highest BCUT2D eigenvalue weighted by Gasteiger charge is 2.57. The molecule has 1 heterocycles. The zero-order valence-corrected chi connectivity index (χ0v) is 19.7. The highest BCUT2D eigenvalue weighted by molar-refractivity contribution is 5.35. The number of nitrogens with two attached hydrogens (primary N) is 1. The van der Waals surface area contributed by atoms with Crippen molar-refractivity contribution < 1.29 is 9.50 Å². The molecule has 174 valence electrons. The molecule has 0 amide bonds. The van der Waals surface area contributed by atoms with Crippen molar-refractivity contribution in [1.29, 1.82) is 0 Å². The van der Waals surface area contributed by atoms with Gasteiger partial charge in [0.1, 0.15) is 5.82 Å². The van der Waals surface area contributed by atoms with Gasteiger partial charge in [-0.3, -0.25) is 0 Å². The lowest BCUT2D eigenvalue weighted by atomic mass is 9.49. The van der Waals surface area contributed by atoms with Gasteiger partial charge in [0.25, 0.3) is 0 Å². The van der Waals surface area contributed by atoms with E-state index in [4.69, 9.17) is 10.8 Å². The number of aromatic nitrogens is 2. The lowest BCUT2D eigenvalue weighted by molar-refractivity contribution is -0.0689. The number of nitrogens with zero attached hydrogens (tertiary/aromatic N) is 2. The Morgan fingerprint density at radius 3 is 2.53 bits per heavy atom. The van der Waals surface area contributed by atoms with Crippen molar-refractivity contribution in [2.45, 2.75) is 59.3 Å². The standard InChI is InChI=1S/C27H38FN3O/c1-17-4-9-23-22(14-29)24(10-11-26(17,23)2)27(3)13-18-15-31(21-7-5-20(28)6-8-21)30-25(18)12-19(27)16-32/h5-8,15,17,19,22-24,32H,4,9-14,16,29H2,1-3H3/t17-,19+,22-,23-,24-,26+,27-/m0/s1. The van der Waals surface area contributed by atoms with Crippen LogP contribution >= 0.6 is 0 Å². The second kappa shape index (κ2) is 7.95. The van der Waals surface area contributed by atoms with Gasteiger partial charge in [0.15, 0.2) is 0 Å². The highest BCUT2D eigenvalue weighted by Crippen LogP contribution is 2.63. The fourth-order valence-corrected chi connectivity index (χ4v) is 7.92. The van der Waals surface area contributed by atoms with Gasteiger partial charge in [-0.25, -0.2) is 9.07 Å². The van der Waals surface area contributed by atoms with Gasteiger partial charge in [0.05, 0.1) is 11.4 Å². The third kappa shape index (κ3) is 3.27. The van der Waals surface area contributed by atoms with Crippen molar-refractivity contribution in [3.05, 3.63) is 47.5 Å². The lowest BCUT2D eigenvalue weighted by Gasteiger charge is -2.56. The van der Waals surface area contributed by atoms with E-state index in [1.165, 1.54) is 43.4 Å². The number of halogens is 1. The molecule has 3 aliphatic carbocycles. The molecule has 32 heavy (non-hydrogen) atoms. The van der Waals surface area contributed by atoms with Gasteiger partial charge in [0, 0.05) is 12.8 Å². The third-order valence-corrected chi connectivity index (χ3v) is 10.2. The van der Waals surface area contributed by atoms with Crippen LogP contribution in [0, 0.1) is 46.2 Å². The smallest absolute Gasteiger partial charge is 0.123 e. The molecule has 7 atom stereocenters. The molecule has 2 fully saturated rings. The first-order chi connectivity index (χ1) is 15.3. The van der Waals surface area contributed by atoms with Crippen LogP contribution in [0.15, 0.2) is 30.5 Å². The molecule has 2 aromatic rings. The second-order valence-corrected chi connectivity index (χ2v) is 11.4. The Labute approximate surface area is 191 Å². The van der Waals surface area contributed by atoms with E-state index in [0.717, 1.165) is 36.7 Å². The molecule has 3 N–H and O–H groups in total. The Morgan fingerprint density at radius 1 is 1.12 bits per heavy atom. The van der Waals surface area contributed by atoms with Crippen molar-refractivity contribution in [3.8, 4) is 5.69 Å². The van der Waals surface area contributed by atoms with Crippen molar-refractivity contribution in [3.63, 3.8) is 0 Å². The zero-order valence-electron chi connectivity index (χ0n) is 19.7. The van der Waals surface area contributed by atoms with Crippen molar-refractivity contribution in [2.75, 3.05) is 13.2 Å². The van der Waals surface area contributed by atoms with Crippen LogP contribution in [-0.4, -0.2) is 28.0 Å². The predicted octanol–water partition coefficient (Wildman–Crippen LogP) is 4.76. The molecule has 5 rings (SSSR count). The van der Waals surface area contributed by atoms with Gasteiger partial charge in [-0.2, -0.15) is 5.10 Å². The third-order valence-electron chi connectivity index (χ3n) is 10.2. The first-order valence-electron chi connectivity index (χ1n) is 12.4. The summed E-state index contributed by atoms with van der Waals surface area (Å²) in [5, 5.41) is 15.3. The average Bonchev–Trinajstić information content (AvgIpc) is 3.32. The Kier molecular flexibility index (Phi) is 5.49. The van der Waals surface area contributed by atoms with E-state index in [2.05, 4.69) is 27.0 Å². The molecular formula is C27H38FN3O. The maximum Gasteiger partial charge on any atom is 0.123 e. The van der Waals surface area contributed by atoms with Crippen LogP contribution in [0.5, 0.6) is 0 Å². The van der Waals surface area contributed by atoms with Crippen molar-refractivity contribution in [1.82, 2.24) is 9.78 Å². The number of aliphatic hydroxyl groups excluding tert-OH is 1. The summed E-state index contributed by atoms with van der Waals surface area (Å²) < 4.78 is 15.3. The number of aliphatic hydroxyl groups is 1. The number of hydrogen-bond acceptors (Lipinski definition) is 3. The molecule has 0 bridgehead atoms. The van der Waals surface area contributed by atoms with E-state index >= 15 is 0 Å². The monoisotopic (exact) mass is 439 g/mol. The maximum absolute atomic E-state index is 13.4. The summed E-state index contributed by atoms with van der Waals surface area (Å²) in [6.45, 7) is 8.27. The first kappa shape index (κ1) is 22.1. The van der Waals surface area contributed by atoms with Gasteiger partial charge >= 0.3 is 0 Å². The highest BCUT2D eigenvalue weighted by atomic mass is 19.1. The number of rotatable bonds is 4. The molecule has 1 aromatic carbocycles. The first-order valence-corrected chi connectivity index (χ1v) is 12.4. The summed E-state index contributed by atoms with van der Waals surface area (Å²) in [7, 11) is 0. The molecule has 0 spiro atoms. The van der Waals surface area contributed by atoms with Crippen molar-refractivity contribution >= 4 is 0 Å². The van der Waals surface area contributed by atoms with Gasteiger partial charge in [0.2, 0.25) is 0 Å². The molecule has 1 aromatic heterocycles. The van der Waals surface area contributed by atoms with Crippen molar-refractivity contribution in [2.24, 2.45) is 46.2 Å². The molecule has 2 saturated carbocycles. The minimum Gasteiger partial charge on any atom is -0.396 e. The van der Waals surface area contributed by atoms with E-state index in [1.807, 2.05) is 4.68 Å². The summed E-state index contributed by atoms with van der Waals surface area (Å²) in [5.41, 5.74) is 10.1. The molecule has 0 aliphatic heterocycles. The molecule has 5 heteroatoms. The van der Waals surface area contributed by atoms with Gasteiger partial charge in [-0.15, -0.1) is 0 Å². The Hall–Kier alpha value is -1.72. The summed E-state index contributed by atoms with van der Waals surface area (Å²) >= 11 is 0. The van der Waals surface area contributed by atoms with Crippen LogP contribution in [0.3, 0.4) is 0 Å². The summed E-state index contributed by atoms with van der Waals surface area (Å²) in [4.78, 5) is 0. The molecule has 0 unspecified atom stereocenters. The normalized spacial score (nSPS) is 39.0. The number of benzene rings is 1. The van der Waals surface area contributed by atoms with Crippen LogP contribution in [0.1, 0.15) is 57.7 Å². The fraction of sp³-hybridized carbons (Fsp3) is 0.667. The van der Waals surface area contributed by atoms with Crippen LogP contribution in [-0.2, 0) is 12.8 Å².